The van der Waals surface area contributed by atoms with Crippen molar-refractivity contribution in [3.05, 3.63) is 15.8 Å². The van der Waals surface area contributed by atoms with E-state index in [9.17, 15) is 13.2 Å². The predicted octanol–water partition coefficient (Wildman–Crippen LogP) is 1.34. The van der Waals surface area contributed by atoms with Crippen molar-refractivity contribution in [3.63, 3.8) is 0 Å². The molecule has 0 bridgehead atoms. The van der Waals surface area contributed by atoms with Crippen LogP contribution in [0.15, 0.2) is 10.3 Å². The van der Waals surface area contributed by atoms with E-state index in [1.165, 1.54) is 12.3 Å². The van der Waals surface area contributed by atoms with Gasteiger partial charge in [-0.1, -0.05) is 0 Å². The lowest BCUT2D eigenvalue weighted by molar-refractivity contribution is 0.0698. The Labute approximate surface area is 109 Å². The van der Waals surface area contributed by atoms with Crippen molar-refractivity contribution in [2.75, 3.05) is 0 Å². The number of aryl methyl sites for hydroxylation is 1. The fraction of sp³-hybridized carbons (Fsp3) is 0.400. The van der Waals surface area contributed by atoms with Gasteiger partial charge in [0.05, 0.1) is 12.5 Å². The summed E-state index contributed by atoms with van der Waals surface area (Å²) in [6.45, 7) is 3.08. The van der Waals surface area contributed by atoms with E-state index in [1.807, 2.05) is 6.07 Å². The fourth-order valence-corrected chi connectivity index (χ4v) is 4.29. The maximum absolute atomic E-state index is 12.0. The molecule has 2 N–H and O–H groups in total. The molecule has 0 aliphatic rings. The second kappa shape index (κ2) is 5.48. The number of carboxylic acid groups (broad SMARTS) is 1. The molecule has 1 heterocycles. The van der Waals surface area contributed by atoms with Crippen molar-refractivity contribution >= 4 is 27.3 Å². The highest BCUT2D eigenvalue weighted by Gasteiger charge is 2.27. The maximum atomic E-state index is 12.0. The Morgan fingerprint density at radius 2 is 2.28 bits per heavy atom. The van der Waals surface area contributed by atoms with Crippen LogP contribution in [0.1, 0.15) is 28.6 Å². The Morgan fingerprint density at radius 3 is 2.78 bits per heavy atom. The molecule has 18 heavy (non-hydrogen) atoms. The zero-order chi connectivity index (χ0) is 13.9. The predicted molar refractivity (Wildman–Crippen MR) is 66.0 cm³/mol. The van der Waals surface area contributed by atoms with Crippen molar-refractivity contribution in [2.24, 2.45) is 0 Å². The van der Waals surface area contributed by atoms with E-state index in [0.29, 0.717) is 5.56 Å². The van der Waals surface area contributed by atoms with Crippen LogP contribution < -0.4 is 4.72 Å². The molecule has 0 fully saturated rings. The van der Waals surface area contributed by atoms with Gasteiger partial charge in [-0.2, -0.15) is 5.26 Å². The number of nitriles is 1. The number of nitrogens with one attached hydrogen (secondary N) is 1. The molecule has 98 valence electrons. The molecule has 6 nitrogen and oxygen atoms in total. The number of carboxylic acids is 1. The molecule has 0 radical (unpaired) electrons. The quantitative estimate of drug-likeness (QED) is 0.850. The molecule has 0 saturated heterocycles. The van der Waals surface area contributed by atoms with Gasteiger partial charge in [0, 0.05) is 6.04 Å². The summed E-state index contributed by atoms with van der Waals surface area (Å²) in [5.74, 6) is -1.28. The Kier molecular flexibility index (Phi) is 4.45. The van der Waals surface area contributed by atoms with E-state index in [1.54, 1.807) is 6.92 Å². The summed E-state index contributed by atoms with van der Waals surface area (Å²) in [4.78, 5) is 10.5. The Bertz CT molecular complexity index is 598. The van der Waals surface area contributed by atoms with Gasteiger partial charge in [0.25, 0.3) is 0 Å². The molecule has 0 aliphatic carbocycles. The number of carbonyl (C=O) groups is 1. The monoisotopic (exact) mass is 288 g/mol. The van der Waals surface area contributed by atoms with E-state index in [4.69, 9.17) is 10.4 Å². The zero-order valence-electron chi connectivity index (χ0n) is 9.80. The van der Waals surface area contributed by atoms with Gasteiger partial charge >= 0.3 is 5.97 Å². The first kappa shape index (κ1) is 14.6. The summed E-state index contributed by atoms with van der Waals surface area (Å²) < 4.78 is 26.4. The molecular formula is C10H12N2O4S2. The number of rotatable bonds is 5. The third kappa shape index (κ3) is 3.07. The summed E-state index contributed by atoms with van der Waals surface area (Å²) in [6, 6.07) is 1.28. The zero-order valence-corrected chi connectivity index (χ0v) is 11.4. The molecule has 1 aromatic heterocycles. The molecule has 0 spiro atoms. The van der Waals surface area contributed by atoms with Gasteiger partial charge in [0.2, 0.25) is 10.0 Å². The second-order valence-corrected chi connectivity index (χ2v) is 6.30. The van der Waals surface area contributed by atoms with Crippen LogP contribution in [0.2, 0.25) is 0 Å². The molecule has 1 rings (SSSR count). The van der Waals surface area contributed by atoms with Gasteiger partial charge in [-0.3, -0.25) is 0 Å². The number of sulfonamides is 1. The largest absolute Gasteiger partial charge is 0.477 e. The standard InChI is InChI=1S/C10H12N2O4S2/c1-6-5-17-8(10(13)14)9(6)18(15,16)12-7(2)3-4-11/h5,7,12H,3H2,1-2H3,(H,13,14). The molecule has 0 saturated carbocycles. The first-order valence-electron chi connectivity index (χ1n) is 5.00. The van der Waals surface area contributed by atoms with Gasteiger partial charge < -0.3 is 5.11 Å². The minimum absolute atomic E-state index is 0.0187. The highest BCUT2D eigenvalue weighted by molar-refractivity contribution is 7.89. The number of nitrogens with zero attached hydrogens (tertiary/aromatic N) is 1. The highest BCUT2D eigenvalue weighted by Crippen LogP contribution is 2.26. The molecule has 0 aliphatic heterocycles. The number of hydrogen-bond donors (Lipinski definition) is 2. The van der Waals surface area contributed by atoms with Crippen molar-refractivity contribution in [1.29, 1.82) is 5.26 Å². The summed E-state index contributed by atoms with van der Waals surface area (Å²) in [6.07, 6.45) is 0.0187. The average molecular weight is 288 g/mol. The molecule has 1 aromatic rings. The van der Waals surface area contributed by atoms with Crippen LogP contribution in [-0.4, -0.2) is 25.5 Å². The van der Waals surface area contributed by atoms with Crippen LogP contribution in [0.3, 0.4) is 0 Å². The SMILES string of the molecule is Cc1csc(C(=O)O)c1S(=O)(=O)NC(C)CC#N. The molecule has 1 atom stereocenters. The van der Waals surface area contributed by atoms with Crippen LogP contribution in [0.25, 0.3) is 0 Å². The van der Waals surface area contributed by atoms with Gasteiger partial charge in [-0.25, -0.2) is 17.9 Å². The summed E-state index contributed by atoms with van der Waals surface area (Å²) in [5.41, 5.74) is 0.383. The summed E-state index contributed by atoms with van der Waals surface area (Å²) in [7, 11) is -3.92. The fourth-order valence-electron chi connectivity index (χ4n) is 1.42. The second-order valence-electron chi connectivity index (χ2n) is 3.77. The van der Waals surface area contributed by atoms with E-state index in [0.717, 1.165) is 11.3 Å². The molecule has 0 aromatic carbocycles. The van der Waals surface area contributed by atoms with Crippen LogP contribution in [0, 0.1) is 18.3 Å². The highest BCUT2D eigenvalue weighted by atomic mass is 32.2. The maximum Gasteiger partial charge on any atom is 0.347 e. The van der Waals surface area contributed by atoms with E-state index in [-0.39, 0.29) is 16.2 Å². The third-order valence-corrected chi connectivity index (χ3v) is 5.13. The van der Waals surface area contributed by atoms with Crippen molar-refractivity contribution < 1.29 is 18.3 Å². The molecule has 0 amide bonds. The topological polar surface area (TPSA) is 107 Å². The van der Waals surface area contributed by atoms with Gasteiger partial charge in [-0.05, 0) is 24.8 Å². The molecular weight excluding hydrogens is 276 g/mol. The Balaban J connectivity index is 3.17. The minimum atomic E-state index is -3.92. The smallest absolute Gasteiger partial charge is 0.347 e. The lowest BCUT2D eigenvalue weighted by atomic mass is 10.3. The van der Waals surface area contributed by atoms with Gasteiger partial charge in [-0.15, -0.1) is 11.3 Å². The van der Waals surface area contributed by atoms with E-state index >= 15 is 0 Å². The number of aromatic carboxylic acids is 1. The van der Waals surface area contributed by atoms with Gasteiger partial charge in [0.1, 0.15) is 9.77 Å². The van der Waals surface area contributed by atoms with Crippen LogP contribution in [0.4, 0.5) is 0 Å². The Morgan fingerprint density at radius 1 is 1.67 bits per heavy atom. The first-order chi connectivity index (χ1) is 8.29. The van der Waals surface area contributed by atoms with Gasteiger partial charge in [0.15, 0.2) is 0 Å². The Hall–Kier alpha value is -1.43. The van der Waals surface area contributed by atoms with Crippen LogP contribution >= 0.6 is 11.3 Å². The van der Waals surface area contributed by atoms with Crippen molar-refractivity contribution in [2.45, 2.75) is 31.2 Å². The minimum Gasteiger partial charge on any atom is -0.477 e. The number of hydrogen-bond acceptors (Lipinski definition) is 5. The number of thiophene rings is 1. The average Bonchev–Trinajstić information content (AvgIpc) is 2.60. The van der Waals surface area contributed by atoms with Crippen LogP contribution in [0.5, 0.6) is 0 Å². The lowest BCUT2D eigenvalue weighted by Gasteiger charge is -2.11. The van der Waals surface area contributed by atoms with Crippen LogP contribution in [-0.2, 0) is 10.0 Å². The summed E-state index contributed by atoms with van der Waals surface area (Å²) in [5, 5.41) is 18.9. The van der Waals surface area contributed by atoms with E-state index < -0.39 is 22.0 Å². The lowest BCUT2D eigenvalue weighted by Crippen LogP contribution is -2.33. The molecule has 1 unspecified atom stereocenters. The third-order valence-electron chi connectivity index (χ3n) is 2.13. The normalized spacial score (nSPS) is 12.9. The van der Waals surface area contributed by atoms with E-state index in [2.05, 4.69) is 4.72 Å². The first-order valence-corrected chi connectivity index (χ1v) is 7.36. The molecule has 8 heteroatoms. The van der Waals surface area contributed by atoms with Crippen molar-refractivity contribution in [3.8, 4) is 6.07 Å². The summed E-state index contributed by atoms with van der Waals surface area (Å²) >= 11 is 0.868. The van der Waals surface area contributed by atoms with Crippen molar-refractivity contribution in [1.82, 2.24) is 4.72 Å².